The van der Waals surface area contributed by atoms with E-state index in [1.54, 1.807) is 31.4 Å². The van der Waals surface area contributed by atoms with Gasteiger partial charge >= 0.3 is 0 Å². The number of anilines is 1. The van der Waals surface area contributed by atoms with Crippen molar-refractivity contribution in [3.05, 3.63) is 42.0 Å². The Morgan fingerprint density at radius 2 is 1.73 bits per heavy atom. The normalized spacial score (nSPS) is 11.3. The maximum Gasteiger partial charge on any atom is 0.258 e. The Balaban J connectivity index is 2.01. The van der Waals surface area contributed by atoms with Gasteiger partial charge in [0.25, 0.3) is 5.91 Å². The number of fused-ring (bicyclic) bond motifs is 1. The van der Waals surface area contributed by atoms with Crippen molar-refractivity contribution < 1.29 is 22.7 Å². The number of hydrogen-bond donors (Lipinski definition) is 1. The fourth-order valence-electron chi connectivity index (χ4n) is 2.48. The molecule has 2 aromatic carbocycles. The maximum atomic E-state index is 12.6. The molecule has 1 heterocycles. The van der Waals surface area contributed by atoms with Crippen LogP contribution in [0.25, 0.3) is 10.2 Å². The number of nitrogens with zero attached hydrogens (tertiary/aromatic N) is 1. The number of methoxy groups -OCH3 is 2. The highest BCUT2D eigenvalue weighted by atomic mass is 32.2. The SMILES string of the molecule is COc1ccc(OC)c2sc(NC(=O)c3ccccc3S(C)(=O)=O)nc12. The summed E-state index contributed by atoms with van der Waals surface area (Å²) in [5.74, 6) is 0.604. The summed E-state index contributed by atoms with van der Waals surface area (Å²) < 4.78 is 35.1. The van der Waals surface area contributed by atoms with Crippen molar-refractivity contribution in [3.8, 4) is 11.5 Å². The third-order valence-corrected chi connectivity index (χ3v) is 5.80. The second-order valence-corrected chi connectivity index (χ2v) is 8.37. The number of carbonyl (C=O) groups excluding carboxylic acids is 1. The number of sulfone groups is 1. The molecule has 7 nitrogen and oxygen atoms in total. The van der Waals surface area contributed by atoms with Gasteiger partial charge in [-0.05, 0) is 24.3 Å². The fourth-order valence-corrected chi connectivity index (χ4v) is 4.34. The highest BCUT2D eigenvalue weighted by Crippen LogP contribution is 2.39. The van der Waals surface area contributed by atoms with Crippen molar-refractivity contribution in [2.45, 2.75) is 4.90 Å². The quantitative estimate of drug-likeness (QED) is 0.717. The Morgan fingerprint density at radius 3 is 2.38 bits per heavy atom. The van der Waals surface area contributed by atoms with Gasteiger partial charge in [-0.25, -0.2) is 13.4 Å². The minimum absolute atomic E-state index is 0.0335. The molecule has 1 N–H and O–H groups in total. The maximum absolute atomic E-state index is 12.6. The van der Waals surface area contributed by atoms with Gasteiger partial charge in [-0.3, -0.25) is 10.1 Å². The number of amides is 1. The smallest absolute Gasteiger partial charge is 0.258 e. The first-order chi connectivity index (χ1) is 12.3. The Labute approximate surface area is 154 Å². The lowest BCUT2D eigenvalue weighted by Crippen LogP contribution is -2.15. The number of thiazole rings is 1. The second-order valence-electron chi connectivity index (χ2n) is 5.39. The molecule has 0 radical (unpaired) electrons. The van der Waals surface area contributed by atoms with Gasteiger partial charge in [0.15, 0.2) is 15.0 Å². The third kappa shape index (κ3) is 3.35. The molecule has 0 spiro atoms. The Bertz CT molecular complexity index is 1050. The molecular weight excluding hydrogens is 376 g/mol. The van der Waals surface area contributed by atoms with Gasteiger partial charge in [0.05, 0.1) is 24.7 Å². The summed E-state index contributed by atoms with van der Waals surface area (Å²) in [6.45, 7) is 0. The molecule has 0 unspecified atom stereocenters. The zero-order chi connectivity index (χ0) is 18.9. The zero-order valence-corrected chi connectivity index (χ0v) is 15.9. The van der Waals surface area contributed by atoms with Crippen molar-refractivity contribution in [2.75, 3.05) is 25.8 Å². The monoisotopic (exact) mass is 392 g/mol. The molecule has 0 aliphatic carbocycles. The van der Waals surface area contributed by atoms with Crippen LogP contribution in [0.3, 0.4) is 0 Å². The lowest BCUT2D eigenvalue weighted by Gasteiger charge is -2.06. The summed E-state index contributed by atoms with van der Waals surface area (Å²) in [6, 6.07) is 9.51. The summed E-state index contributed by atoms with van der Waals surface area (Å²) in [5, 5.41) is 2.97. The summed E-state index contributed by atoms with van der Waals surface area (Å²) in [6.07, 6.45) is 1.06. The van der Waals surface area contributed by atoms with Crippen molar-refractivity contribution in [2.24, 2.45) is 0 Å². The van der Waals surface area contributed by atoms with Crippen LogP contribution in [0.5, 0.6) is 11.5 Å². The van der Waals surface area contributed by atoms with E-state index in [-0.39, 0.29) is 10.5 Å². The predicted octanol–water partition coefficient (Wildman–Crippen LogP) is 2.97. The fraction of sp³-hybridized carbons (Fsp3) is 0.176. The number of rotatable bonds is 5. The number of carbonyl (C=O) groups is 1. The van der Waals surface area contributed by atoms with Crippen LogP contribution in [0.1, 0.15) is 10.4 Å². The largest absolute Gasteiger partial charge is 0.495 e. The second kappa shape index (κ2) is 6.93. The molecule has 0 fully saturated rings. The van der Waals surface area contributed by atoms with Gasteiger partial charge < -0.3 is 9.47 Å². The third-order valence-electron chi connectivity index (χ3n) is 3.66. The van der Waals surface area contributed by atoms with E-state index in [2.05, 4.69) is 10.3 Å². The number of hydrogen-bond acceptors (Lipinski definition) is 7. The molecule has 136 valence electrons. The lowest BCUT2D eigenvalue weighted by atomic mass is 10.2. The molecule has 0 saturated heterocycles. The van der Waals surface area contributed by atoms with E-state index in [4.69, 9.17) is 9.47 Å². The van der Waals surface area contributed by atoms with E-state index < -0.39 is 15.7 Å². The minimum Gasteiger partial charge on any atom is -0.495 e. The zero-order valence-electron chi connectivity index (χ0n) is 14.3. The van der Waals surface area contributed by atoms with E-state index >= 15 is 0 Å². The van der Waals surface area contributed by atoms with Gasteiger partial charge in [0.2, 0.25) is 0 Å². The first-order valence-corrected chi connectivity index (χ1v) is 10.2. The molecule has 0 aliphatic rings. The molecule has 0 saturated carbocycles. The van der Waals surface area contributed by atoms with Gasteiger partial charge in [-0.15, -0.1) is 0 Å². The van der Waals surface area contributed by atoms with E-state index in [1.807, 2.05) is 0 Å². The van der Waals surface area contributed by atoms with Crippen LogP contribution >= 0.6 is 11.3 Å². The van der Waals surface area contributed by atoms with Gasteiger partial charge in [-0.2, -0.15) is 0 Å². The van der Waals surface area contributed by atoms with Crippen LogP contribution in [-0.2, 0) is 9.84 Å². The van der Waals surface area contributed by atoms with Crippen molar-refractivity contribution >= 4 is 42.4 Å². The van der Waals surface area contributed by atoms with Gasteiger partial charge in [-0.1, -0.05) is 23.5 Å². The average molecular weight is 392 g/mol. The topological polar surface area (TPSA) is 94.6 Å². The van der Waals surface area contributed by atoms with E-state index in [9.17, 15) is 13.2 Å². The van der Waals surface area contributed by atoms with Crippen molar-refractivity contribution in [1.82, 2.24) is 4.98 Å². The highest BCUT2D eigenvalue weighted by Gasteiger charge is 2.20. The van der Waals surface area contributed by atoms with Crippen LogP contribution in [-0.4, -0.2) is 39.8 Å². The highest BCUT2D eigenvalue weighted by molar-refractivity contribution is 7.90. The summed E-state index contributed by atoms with van der Waals surface area (Å²) in [4.78, 5) is 16.9. The summed E-state index contributed by atoms with van der Waals surface area (Å²) >= 11 is 1.22. The Kier molecular flexibility index (Phi) is 4.84. The number of aromatic nitrogens is 1. The van der Waals surface area contributed by atoms with Crippen LogP contribution < -0.4 is 14.8 Å². The molecule has 0 atom stereocenters. The minimum atomic E-state index is -3.53. The van der Waals surface area contributed by atoms with Crippen molar-refractivity contribution in [3.63, 3.8) is 0 Å². The van der Waals surface area contributed by atoms with Crippen LogP contribution in [0, 0.1) is 0 Å². The number of ether oxygens (including phenoxy) is 2. The Hall–Kier alpha value is -2.65. The van der Waals surface area contributed by atoms with E-state index in [0.29, 0.717) is 22.1 Å². The number of nitrogens with one attached hydrogen (secondary N) is 1. The average Bonchev–Trinajstić information content (AvgIpc) is 3.03. The lowest BCUT2D eigenvalue weighted by molar-refractivity contribution is 0.102. The Morgan fingerprint density at radius 1 is 1.08 bits per heavy atom. The van der Waals surface area contributed by atoms with E-state index in [1.165, 1.54) is 30.6 Å². The molecule has 3 rings (SSSR count). The predicted molar refractivity (Wildman–Crippen MR) is 100 cm³/mol. The van der Waals surface area contributed by atoms with Crippen molar-refractivity contribution in [1.29, 1.82) is 0 Å². The van der Waals surface area contributed by atoms with Crippen LogP contribution in [0.2, 0.25) is 0 Å². The summed E-state index contributed by atoms with van der Waals surface area (Å²) in [5.41, 5.74) is 0.622. The standard InChI is InChI=1S/C17H16N2O5S2/c1-23-11-8-9-12(24-2)15-14(11)18-17(25-15)19-16(20)10-6-4-5-7-13(10)26(3,21)22/h4-9H,1-3H3,(H,18,19,20). The van der Waals surface area contributed by atoms with Gasteiger partial charge in [0, 0.05) is 6.26 Å². The molecule has 0 aliphatic heterocycles. The molecule has 1 aromatic heterocycles. The van der Waals surface area contributed by atoms with E-state index in [0.717, 1.165) is 11.0 Å². The molecule has 0 bridgehead atoms. The van der Waals surface area contributed by atoms with Crippen LogP contribution in [0.4, 0.5) is 5.13 Å². The summed E-state index contributed by atoms with van der Waals surface area (Å²) in [7, 11) is -0.462. The first kappa shape index (κ1) is 18.2. The molecule has 9 heteroatoms. The number of benzene rings is 2. The molecule has 1 amide bonds. The first-order valence-electron chi connectivity index (χ1n) is 7.47. The van der Waals surface area contributed by atoms with Gasteiger partial charge in [0.1, 0.15) is 21.7 Å². The molecular formula is C17H16N2O5S2. The molecule has 26 heavy (non-hydrogen) atoms. The van der Waals surface area contributed by atoms with Crippen LogP contribution in [0.15, 0.2) is 41.3 Å². The molecule has 3 aromatic rings.